The summed E-state index contributed by atoms with van der Waals surface area (Å²) in [6.07, 6.45) is -0.350. The third-order valence-corrected chi connectivity index (χ3v) is 6.98. The summed E-state index contributed by atoms with van der Waals surface area (Å²) in [6, 6.07) is 3.51. The Morgan fingerprint density at radius 3 is 2.44 bits per heavy atom. The van der Waals surface area contributed by atoms with Crippen LogP contribution in [0.3, 0.4) is 0 Å². The number of amides is 1. The van der Waals surface area contributed by atoms with Crippen molar-refractivity contribution in [1.29, 1.82) is 0 Å². The zero-order chi connectivity index (χ0) is 26.3. The maximum absolute atomic E-state index is 14.8. The summed E-state index contributed by atoms with van der Waals surface area (Å²) in [6.45, 7) is 1.54. The van der Waals surface area contributed by atoms with E-state index >= 15 is 0 Å². The number of piperidine rings is 1. The number of hydrogen-bond acceptors (Lipinski definition) is 6. The molecule has 13 heteroatoms. The molecule has 2 heterocycles. The zero-order valence-corrected chi connectivity index (χ0v) is 20.8. The molecule has 0 spiro atoms. The number of rotatable bonds is 7. The highest BCUT2D eigenvalue weighted by Crippen LogP contribution is 2.43. The molecule has 1 aliphatic carbocycles. The summed E-state index contributed by atoms with van der Waals surface area (Å²) in [4.78, 5) is 18.2. The van der Waals surface area contributed by atoms with Gasteiger partial charge in [0.25, 0.3) is 5.91 Å². The first-order chi connectivity index (χ1) is 16.8. The van der Waals surface area contributed by atoms with E-state index in [9.17, 15) is 30.8 Å². The Kier molecular flexibility index (Phi) is 7.50. The largest absolute Gasteiger partial charge is 0.474 e. The van der Waals surface area contributed by atoms with E-state index in [0.29, 0.717) is 32.5 Å². The second-order valence-corrected chi connectivity index (χ2v) is 11.3. The zero-order valence-electron chi connectivity index (χ0n) is 19.2. The monoisotopic (exact) mass is 549 g/mol. The Bertz CT molecular complexity index is 1260. The highest BCUT2D eigenvalue weighted by molar-refractivity contribution is 7.89. The van der Waals surface area contributed by atoms with Crippen LogP contribution in [0.4, 0.5) is 17.6 Å². The van der Waals surface area contributed by atoms with Gasteiger partial charge in [-0.05, 0) is 54.9 Å². The predicted molar refractivity (Wildman–Crippen MR) is 124 cm³/mol. The van der Waals surface area contributed by atoms with Gasteiger partial charge in [-0.1, -0.05) is 11.6 Å². The van der Waals surface area contributed by atoms with Crippen LogP contribution < -0.4 is 9.46 Å². The number of aromatic nitrogens is 1. The highest BCUT2D eigenvalue weighted by atomic mass is 35.5. The predicted octanol–water partition coefficient (Wildman–Crippen LogP) is 4.50. The maximum atomic E-state index is 14.8. The van der Waals surface area contributed by atoms with E-state index < -0.39 is 38.5 Å². The van der Waals surface area contributed by atoms with Gasteiger partial charge in [0.2, 0.25) is 15.9 Å². The lowest BCUT2D eigenvalue weighted by atomic mass is 9.97. The number of alkyl halides is 3. The number of carbonyl (C=O) groups excluding carboxylic acids is 1. The van der Waals surface area contributed by atoms with Crippen LogP contribution in [0.25, 0.3) is 0 Å². The molecule has 0 unspecified atom stereocenters. The van der Waals surface area contributed by atoms with E-state index in [0.717, 1.165) is 42.5 Å². The molecule has 1 N–H and O–H groups in total. The van der Waals surface area contributed by atoms with Gasteiger partial charge in [0.1, 0.15) is 11.9 Å². The van der Waals surface area contributed by atoms with Crippen LogP contribution in [-0.4, -0.2) is 49.7 Å². The number of carbonyl (C=O) groups is 1. The van der Waals surface area contributed by atoms with Gasteiger partial charge in [-0.15, -0.1) is 0 Å². The van der Waals surface area contributed by atoms with E-state index in [1.807, 2.05) is 0 Å². The van der Waals surface area contributed by atoms with Crippen LogP contribution in [0.15, 0.2) is 24.4 Å². The molecule has 36 heavy (non-hydrogen) atoms. The number of pyridine rings is 1. The smallest absolute Gasteiger partial charge is 0.418 e. The van der Waals surface area contributed by atoms with E-state index in [1.54, 1.807) is 4.72 Å². The van der Waals surface area contributed by atoms with Gasteiger partial charge in [-0.25, -0.2) is 22.5 Å². The molecule has 1 amide bonds. The van der Waals surface area contributed by atoms with Crippen molar-refractivity contribution in [3.8, 4) is 5.88 Å². The summed E-state index contributed by atoms with van der Waals surface area (Å²) >= 11 is 5.61. The van der Waals surface area contributed by atoms with Crippen LogP contribution >= 0.6 is 11.6 Å². The number of hydrogen-bond donors (Lipinski definition) is 1. The second-order valence-electron chi connectivity index (χ2n) is 9.10. The van der Waals surface area contributed by atoms with Crippen molar-refractivity contribution in [3.63, 3.8) is 0 Å². The molecular formula is C23H24ClF4N3O4S. The fourth-order valence-corrected chi connectivity index (χ4v) is 4.90. The quantitative estimate of drug-likeness (QED) is 0.512. The molecule has 196 valence electrons. The second kappa shape index (κ2) is 10.1. The molecule has 1 saturated heterocycles. The number of nitrogens with one attached hydrogen (secondary N) is 1. The van der Waals surface area contributed by atoms with E-state index in [2.05, 4.69) is 9.88 Å². The minimum atomic E-state index is -4.61. The Morgan fingerprint density at radius 1 is 1.19 bits per heavy atom. The molecule has 1 aromatic carbocycles. The fourth-order valence-electron chi connectivity index (χ4n) is 4.24. The standard InChI is InChI=1S/C23H24ClF4N3O4S/c1-36(33,34)30-22(32)17-9-16(13-2-3-13)14(8-20(17)25)12-31-6-4-15(5-7-31)35-21-10-18(23(26,27)28)19(24)11-29-21/h8-11,13,15H,2-7,12H2,1H3,(H,30,32). The number of likely N-dealkylation sites (tertiary alicyclic amines) is 1. The normalized spacial score (nSPS) is 17.7. The lowest BCUT2D eigenvalue weighted by Gasteiger charge is -2.32. The van der Waals surface area contributed by atoms with E-state index in [-0.39, 0.29) is 23.5 Å². The van der Waals surface area contributed by atoms with Gasteiger partial charge in [-0.2, -0.15) is 13.2 Å². The van der Waals surface area contributed by atoms with Gasteiger partial charge >= 0.3 is 6.18 Å². The first-order valence-electron chi connectivity index (χ1n) is 11.3. The van der Waals surface area contributed by atoms with Crippen LogP contribution in [0.2, 0.25) is 5.02 Å². The van der Waals surface area contributed by atoms with Gasteiger partial charge < -0.3 is 4.74 Å². The Hall–Kier alpha value is -2.44. The molecule has 4 rings (SSSR count). The van der Waals surface area contributed by atoms with Crippen molar-refractivity contribution in [1.82, 2.24) is 14.6 Å². The van der Waals surface area contributed by atoms with Crippen LogP contribution in [0, 0.1) is 5.82 Å². The van der Waals surface area contributed by atoms with Crippen LogP contribution in [0.1, 0.15) is 58.6 Å². The summed E-state index contributed by atoms with van der Waals surface area (Å²) < 4.78 is 84.2. The molecule has 1 saturated carbocycles. The molecule has 2 fully saturated rings. The summed E-state index contributed by atoms with van der Waals surface area (Å²) in [7, 11) is -3.83. The SMILES string of the molecule is CS(=O)(=O)NC(=O)c1cc(C2CC2)c(CN2CCC(Oc3cc(C(F)(F)F)c(Cl)cn3)CC2)cc1F. The van der Waals surface area contributed by atoms with Crippen LogP contribution in [0.5, 0.6) is 5.88 Å². The average Bonchev–Trinajstić information content (AvgIpc) is 3.60. The highest BCUT2D eigenvalue weighted by Gasteiger charge is 2.35. The first kappa shape index (κ1) is 26.6. The number of benzene rings is 1. The van der Waals surface area contributed by atoms with Crippen LogP contribution in [-0.2, 0) is 22.7 Å². The Morgan fingerprint density at radius 2 is 1.86 bits per heavy atom. The van der Waals surface area contributed by atoms with Crippen molar-refractivity contribution in [2.75, 3.05) is 19.3 Å². The van der Waals surface area contributed by atoms with Crippen molar-refractivity contribution >= 4 is 27.5 Å². The van der Waals surface area contributed by atoms with Gasteiger partial charge in [0, 0.05) is 25.7 Å². The van der Waals surface area contributed by atoms with Gasteiger partial charge in [-0.3, -0.25) is 9.69 Å². The van der Waals surface area contributed by atoms with Crippen molar-refractivity contribution in [2.45, 2.75) is 50.4 Å². The lowest BCUT2D eigenvalue weighted by molar-refractivity contribution is -0.137. The van der Waals surface area contributed by atoms with Gasteiger partial charge in [0.05, 0.1) is 28.6 Å². The van der Waals surface area contributed by atoms with Gasteiger partial charge in [0.15, 0.2) is 0 Å². The minimum Gasteiger partial charge on any atom is -0.474 e. The minimum absolute atomic E-state index is 0.147. The number of ether oxygens (including phenoxy) is 1. The molecule has 1 aliphatic heterocycles. The van der Waals surface area contributed by atoms with Crippen molar-refractivity contribution < 1.29 is 35.5 Å². The number of nitrogens with zero attached hydrogens (tertiary/aromatic N) is 2. The molecule has 0 atom stereocenters. The topological polar surface area (TPSA) is 88.6 Å². The Balaban J connectivity index is 1.41. The molecular weight excluding hydrogens is 526 g/mol. The molecule has 0 bridgehead atoms. The summed E-state index contributed by atoms with van der Waals surface area (Å²) in [5, 5.41) is -0.497. The summed E-state index contributed by atoms with van der Waals surface area (Å²) in [5.41, 5.74) is 0.222. The van der Waals surface area contributed by atoms with E-state index in [4.69, 9.17) is 16.3 Å². The summed E-state index contributed by atoms with van der Waals surface area (Å²) in [5.74, 6) is -1.77. The maximum Gasteiger partial charge on any atom is 0.418 e. The molecule has 1 aromatic heterocycles. The molecule has 2 aromatic rings. The van der Waals surface area contributed by atoms with E-state index in [1.165, 1.54) is 12.1 Å². The lowest BCUT2D eigenvalue weighted by Crippen LogP contribution is -2.38. The number of sulfonamides is 1. The molecule has 2 aliphatic rings. The average molecular weight is 550 g/mol. The van der Waals surface area contributed by atoms with Crippen molar-refractivity contribution in [2.24, 2.45) is 0 Å². The Labute approximate surface area is 210 Å². The first-order valence-corrected chi connectivity index (χ1v) is 13.5. The third kappa shape index (κ3) is 6.65. The van der Waals surface area contributed by atoms with Crippen molar-refractivity contribution in [3.05, 3.63) is 57.5 Å². The number of halogens is 5. The fraction of sp³-hybridized carbons (Fsp3) is 0.478. The molecule has 7 nitrogen and oxygen atoms in total. The molecule has 0 radical (unpaired) electrons. The third-order valence-electron chi connectivity index (χ3n) is 6.12.